The monoisotopic (exact) mass is 455 g/mol. The summed E-state index contributed by atoms with van der Waals surface area (Å²) in [5.41, 5.74) is 11.0. The largest absolute Gasteiger partial charge is 0.398 e. The summed E-state index contributed by atoms with van der Waals surface area (Å²) in [6, 6.07) is 7.51. The summed E-state index contributed by atoms with van der Waals surface area (Å²) in [7, 11) is 1.88. The van der Waals surface area contributed by atoms with Crippen LogP contribution in [0, 0.1) is 12.8 Å². The number of nitrogens with zero attached hydrogens (tertiary/aromatic N) is 4. The van der Waals surface area contributed by atoms with Crippen molar-refractivity contribution in [2.24, 2.45) is 13.0 Å². The minimum Gasteiger partial charge on any atom is -0.398 e. The van der Waals surface area contributed by atoms with Crippen LogP contribution in [0.15, 0.2) is 55.2 Å². The van der Waals surface area contributed by atoms with E-state index in [0.29, 0.717) is 24.1 Å². The van der Waals surface area contributed by atoms with Crippen molar-refractivity contribution in [2.45, 2.75) is 19.3 Å². The summed E-state index contributed by atoms with van der Waals surface area (Å²) < 4.78 is 1.77. The summed E-state index contributed by atoms with van der Waals surface area (Å²) in [6.45, 7) is 2.45. The van der Waals surface area contributed by atoms with E-state index in [0.717, 1.165) is 39.4 Å². The Morgan fingerprint density at radius 3 is 2.79 bits per heavy atom. The number of fused-ring (bicyclic) bond motifs is 1. The molecule has 1 aliphatic rings. The van der Waals surface area contributed by atoms with Crippen molar-refractivity contribution in [1.82, 2.24) is 25.1 Å². The van der Waals surface area contributed by atoms with Crippen molar-refractivity contribution >= 4 is 34.1 Å². The number of carbonyl (C=O) groups excluding carboxylic acids is 2. The number of nitrogens with two attached hydrogens (primary N) is 1. The van der Waals surface area contributed by atoms with E-state index in [9.17, 15) is 9.59 Å². The number of hydrogen-bond donors (Lipinski definition) is 3. The molecule has 5 rings (SSSR count). The van der Waals surface area contributed by atoms with E-state index in [4.69, 9.17) is 5.73 Å². The second kappa shape index (κ2) is 8.58. The molecule has 2 atom stereocenters. The molecule has 9 heteroatoms. The lowest BCUT2D eigenvalue weighted by Crippen LogP contribution is -2.36. The zero-order chi connectivity index (χ0) is 23.8. The van der Waals surface area contributed by atoms with Crippen LogP contribution in [0.4, 0.5) is 11.5 Å². The predicted octanol–water partition coefficient (Wildman–Crippen LogP) is 2.78. The number of amides is 2. The minimum atomic E-state index is -0.752. The summed E-state index contributed by atoms with van der Waals surface area (Å²) in [4.78, 5) is 33.2. The van der Waals surface area contributed by atoms with E-state index in [1.54, 1.807) is 29.3 Å². The fourth-order valence-electron chi connectivity index (χ4n) is 4.27. The van der Waals surface area contributed by atoms with Crippen LogP contribution in [0.2, 0.25) is 0 Å². The predicted molar refractivity (Wildman–Crippen MR) is 130 cm³/mol. The summed E-state index contributed by atoms with van der Waals surface area (Å²) in [6.07, 6.45) is 9.94. The highest BCUT2D eigenvalue weighted by Gasteiger charge is 2.39. The van der Waals surface area contributed by atoms with Gasteiger partial charge in [0, 0.05) is 55.0 Å². The molecule has 3 heterocycles. The third-order valence-electron chi connectivity index (χ3n) is 6.27. The fraction of sp³-hybridized carbons (Fsp3) is 0.240. The van der Waals surface area contributed by atoms with Gasteiger partial charge < -0.3 is 16.4 Å². The molecular formula is C25H25N7O2. The Labute approximate surface area is 196 Å². The third kappa shape index (κ3) is 4.32. The van der Waals surface area contributed by atoms with Gasteiger partial charge in [0.25, 0.3) is 0 Å². The van der Waals surface area contributed by atoms with Crippen LogP contribution in [0.3, 0.4) is 0 Å². The number of aromatic nitrogens is 4. The average Bonchev–Trinajstić information content (AvgIpc) is 3.47. The molecule has 2 amide bonds. The van der Waals surface area contributed by atoms with Crippen molar-refractivity contribution in [3.8, 4) is 11.1 Å². The Hall–Kier alpha value is -4.27. The molecule has 0 saturated heterocycles. The van der Waals surface area contributed by atoms with Crippen LogP contribution in [0.5, 0.6) is 0 Å². The number of nitrogens with one attached hydrogen (secondary N) is 2. The van der Waals surface area contributed by atoms with Crippen molar-refractivity contribution in [2.75, 3.05) is 17.6 Å². The van der Waals surface area contributed by atoms with Gasteiger partial charge in [0.05, 0.1) is 6.20 Å². The van der Waals surface area contributed by atoms with Crippen LogP contribution < -0.4 is 16.4 Å². The number of pyridine rings is 2. The molecule has 0 aliphatic heterocycles. The maximum atomic E-state index is 12.4. The Morgan fingerprint density at radius 1 is 1.18 bits per heavy atom. The molecule has 0 radical (unpaired) electrons. The molecule has 0 bridgehead atoms. The highest BCUT2D eigenvalue weighted by molar-refractivity contribution is 6.39. The minimum absolute atomic E-state index is 0.284. The van der Waals surface area contributed by atoms with Gasteiger partial charge in [-0.15, -0.1) is 0 Å². The van der Waals surface area contributed by atoms with Crippen LogP contribution >= 0.6 is 0 Å². The molecule has 1 fully saturated rings. The first-order valence-electron chi connectivity index (χ1n) is 11.1. The van der Waals surface area contributed by atoms with Gasteiger partial charge >= 0.3 is 11.8 Å². The van der Waals surface area contributed by atoms with Crippen LogP contribution in [-0.4, -0.2) is 38.1 Å². The fourth-order valence-corrected chi connectivity index (χ4v) is 4.27. The molecule has 1 aliphatic carbocycles. The zero-order valence-electron chi connectivity index (χ0n) is 18.9. The number of anilines is 2. The molecule has 3 aromatic heterocycles. The lowest BCUT2D eigenvalue weighted by atomic mass is 9.99. The molecule has 34 heavy (non-hydrogen) atoms. The number of carbonyl (C=O) groups is 2. The maximum Gasteiger partial charge on any atom is 0.314 e. The van der Waals surface area contributed by atoms with Gasteiger partial charge in [-0.05, 0) is 71.5 Å². The second-order valence-corrected chi connectivity index (χ2v) is 8.76. The first-order valence-corrected chi connectivity index (χ1v) is 11.1. The first kappa shape index (κ1) is 21.6. The summed E-state index contributed by atoms with van der Waals surface area (Å²) >= 11 is 0. The Balaban J connectivity index is 1.25. The standard InChI is InChI=1S/C25H25N7O2/c1-14-3-4-27-11-20(14)15-5-16-8-23(28-12-21(16)22(26)7-15)31-25(34)24(33)29-9-17-6-19(17)18-10-30-32(2)13-18/h3-5,7-8,10-13,17,19H,6,9,26H2,1-2H3,(H,29,33)(H,28,31,34)/t17-,19?/m1/s1. The van der Waals surface area contributed by atoms with Crippen molar-refractivity contribution in [3.05, 3.63) is 66.4 Å². The third-order valence-corrected chi connectivity index (χ3v) is 6.27. The quantitative estimate of drug-likeness (QED) is 0.314. The number of nitrogen functional groups attached to an aromatic ring is 1. The van der Waals surface area contributed by atoms with Crippen LogP contribution in [0.1, 0.15) is 23.5 Å². The van der Waals surface area contributed by atoms with E-state index in [1.165, 1.54) is 0 Å². The van der Waals surface area contributed by atoms with E-state index in [2.05, 4.69) is 25.7 Å². The van der Waals surface area contributed by atoms with Crippen molar-refractivity contribution < 1.29 is 9.59 Å². The van der Waals surface area contributed by atoms with Gasteiger partial charge in [-0.2, -0.15) is 5.10 Å². The molecule has 1 aromatic carbocycles. The normalized spacial score (nSPS) is 16.9. The average molecular weight is 456 g/mol. The number of aryl methyl sites for hydroxylation is 2. The first-order chi connectivity index (χ1) is 16.4. The lowest BCUT2D eigenvalue weighted by Gasteiger charge is -2.11. The van der Waals surface area contributed by atoms with Gasteiger partial charge in [-0.1, -0.05) is 0 Å². The maximum absolute atomic E-state index is 12.4. The number of benzene rings is 1. The van der Waals surface area contributed by atoms with Crippen molar-refractivity contribution in [1.29, 1.82) is 0 Å². The van der Waals surface area contributed by atoms with E-state index >= 15 is 0 Å². The highest BCUT2D eigenvalue weighted by atomic mass is 16.2. The second-order valence-electron chi connectivity index (χ2n) is 8.76. The number of hydrogen-bond acceptors (Lipinski definition) is 6. The van der Waals surface area contributed by atoms with Gasteiger partial charge in [0.1, 0.15) is 5.82 Å². The molecular weight excluding hydrogens is 430 g/mol. The highest BCUT2D eigenvalue weighted by Crippen LogP contribution is 2.46. The van der Waals surface area contributed by atoms with Gasteiger partial charge in [0.2, 0.25) is 0 Å². The zero-order valence-corrected chi connectivity index (χ0v) is 18.9. The molecule has 4 aromatic rings. The van der Waals surface area contributed by atoms with E-state index in [1.807, 2.05) is 44.6 Å². The van der Waals surface area contributed by atoms with Crippen LogP contribution in [0.25, 0.3) is 21.9 Å². The molecule has 0 spiro atoms. The Bertz CT molecular complexity index is 1410. The van der Waals surface area contributed by atoms with Gasteiger partial charge in [-0.25, -0.2) is 4.98 Å². The van der Waals surface area contributed by atoms with Crippen LogP contribution in [-0.2, 0) is 16.6 Å². The molecule has 9 nitrogen and oxygen atoms in total. The molecule has 1 saturated carbocycles. The van der Waals surface area contributed by atoms with E-state index in [-0.39, 0.29) is 5.82 Å². The van der Waals surface area contributed by atoms with E-state index < -0.39 is 11.8 Å². The molecule has 1 unspecified atom stereocenters. The summed E-state index contributed by atoms with van der Waals surface area (Å²) in [5, 5.41) is 11.1. The number of rotatable bonds is 5. The lowest BCUT2D eigenvalue weighted by molar-refractivity contribution is -0.136. The van der Waals surface area contributed by atoms with Gasteiger partial charge in [0.15, 0.2) is 0 Å². The van der Waals surface area contributed by atoms with Gasteiger partial charge in [-0.3, -0.25) is 19.3 Å². The molecule has 4 N–H and O–H groups in total. The van der Waals surface area contributed by atoms with Crippen molar-refractivity contribution in [3.63, 3.8) is 0 Å². The Kier molecular flexibility index (Phi) is 5.45. The topological polar surface area (TPSA) is 128 Å². The smallest absolute Gasteiger partial charge is 0.314 e. The molecule has 172 valence electrons. The SMILES string of the molecule is Cc1ccncc1-c1cc(N)c2cnc(NC(=O)C(=O)NC[C@H]3CC3c3cnn(C)c3)cc2c1. The Morgan fingerprint density at radius 2 is 2.03 bits per heavy atom. The summed E-state index contributed by atoms with van der Waals surface area (Å²) in [5.74, 6) is -0.457.